The van der Waals surface area contributed by atoms with E-state index in [1.54, 1.807) is 0 Å². The Hall–Kier alpha value is -0.160. The van der Waals surface area contributed by atoms with Gasteiger partial charge in [-0.1, -0.05) is 27.7 Å². The van der Waals surface area contributed by atoms with Crippen molar-refractivity contribution in [3.63, 3.8) is 0 Å². The van der Waals surface area contributed by atoms with Gasteiger partial charge in [-0.25, -0.2) is 0 Å². The van der Waals surface area contributed by atoms with Crippen molar-refractivity contribution in [1.29, 1.82) is 0 Å². The lowest BCUT2D eigenvalue weighted by molar-refractivity contribution is -0.159. The molecule has 2 unspecified atom stereocenters. The van der Waals surface area contributed by atoms with Crippen molar-refractivity contribution >= 4 is 37.2 Å². The van der Waals surface area contributed by atoms with E-state index in [0.29, 0.717) is 0 Å². The first-order chi connectivity index (χ1) is 7.73. The maximum Gasteiger partial charge on any atom is 0.314 e. The van der Waals surface area contributed by atoms with Gasteiger partial charge in [-0.15, -0.1) is 0 Å². The van der Waals surface area contributed by atoms with Crippen molar-refractivity contribution in [2.45, 2.75) is 51.0 Å². The molecule has 0 heterocycles. The van der Waals surface area contributed by atoms with Gasteiger partial charge in [-0.05, 0) is 11.8 Å². The maximum absolute atomic E-state index is 11.4. The van der Waals surface area contributed by atoms with Crippen LogP contribution in [0, 0.1) is 11.8 Å². The molecule has 0 aliphatic carbocycles. The van der Waals surface area contributed by atoms with Crippen LogP contribution in [0.4, 0.5) is 0 Å². The lowest BCUT2D eigenvalue weighted by atomic mass is 10.1. The van der Waals surface area contributed by atoms with E-state index in [9.17, 15) is 9.59 Å². The molecule has 3 nitrogen and oxygen atoms in total. The van der Waals surface area contributed by atoms with Crippen LogP contribution in [0.5, 0.6) is 0 Å². The highest BCUT2D eigenvalue weighted by Crippen LogP contribution is 2.16. The Kier molecular flexibility index (Phi) is 7.96. The zero-order valence-electron chi connectivity index (χ0n) is 10.8. The zero-order chi connectivity index (χ0) is 13.6. The Morgan fingerprint density at radius 2 is 1.18 bits per heavy atom. The molecule has 0 rings (SSSR count). The molecule has 0 aromatic rings. The topological polar surface area (TPSA) is 43.4 Å². The normalized spacial score (nSPS) is 14.8. The summed E-state index contributed by atoms with van der Waals surface area (Å²) in [5.41, 5.74) is 0. The summed E-state index contributed by atoms with van der Waals surface area (Å²) >= 11 is 8.52. The van der Waals surface area contributed by atoms with Gasteiger partial charge < -0.3 is 4.74 Å². The van der Waals surface area contributed by atoms with Gasteiger partial charge in [0.05, 0.1) is 12.8 Å². The number of carbonyl (C=O) groups excluding carboxylic acids is 2. The second-order valence-corrected chi connectivity index (χ2v) is 6.20. The molecule has 0 saturated heterocycles. The summed E-state index contributed by atoms with van der Waals surface area (Å²) in [5, 5.41) is -0.153. The molecule has 0 bridgehead atoms. The van der Waals surface area contributed by atoms with Crippen LogP contribution in [-0.4, -0.2) is 22.4 Å². The fraction of sp³-hybridized carbons (Fsp3) is 0.833. The first-order valence-electron chi connectivity index (χ1n) is 5.83. The first-order valence-corrected chi connectivity index (χ1v) is 6.87. The average Bonchev–Trinajstić information content (AvgIpc) is 2.16. The van der Waals surface area contributed by atoms with Crippen LogP contribution < -0.4 is 0 Å². The monoisotopic (exact) mass is 278 g/mol. The number of esters is 2. The van der Waals surface area contributed by atoms with Gasteiger partial charge in [0.2, 0.25) is 0 Å². The predicted octanol–water partition coefficient (Wildman–Crippen LogP) is 2.75. The maximum atomic E-state index is 11.4. The van der Waals surface area contributed by atoms with Crippen LogP contribution in [-0.2, 0) is 14.3 Å². The molecular weight excluding hydrogens is 256 g/mol. The summed E-state index contributed by atoms with van der Waals surface area (Å²) in [5.74, 6) is -0.468. The fourth-order valence-electron chi connectivity index (χ4n) is 1.02. The second kappa shape index (κ2) is 8.03. The molecule has 100 valence electrons. The summed E-state index contributed by atoms with van der Waals surface area (Å²) in [7, 11) is 0. The van der Waals surface area contributed by atoms with Crippen LogP contribution in [0.3, 0.4) is 0 Å². The molecule has 5 heteroatoms. The quantitative estimate of drug-likeness (QED) is 0.446. The molecule has 0 fully saturated rings. The Morgan fingerprint density at radius 3 is 1.41 bits per heavy atom. The van der Waals surface area contributed by atoms with Gasteiger partial charge in [-0.2, -0.15) is 25.3 Å². The number of thiol groups is 2. The van der Waals surface area contributed by atoms with E-state index in [0.717, 1.165) is 0 Å². The second-order valence-electron chi connectivity index (χ2n) is 4.88. The lowest BCUT2D eigenvalue weighted by Gasteiger charge is -2.15. The molecule has 0 radical (unpaired) electrons. The third-order valence-corrected chi connectivity index (χ3v) is 4.08. The smallest absolute Gasteiger partial charge is 0.314 e. The SMILES string of the molecule is CC(C)C(S)CC(=O)OC(=O)CC(S)C(C)C. The van der Waals surface area contributed by atoms with Gasteiger partial charge in [-0.3, -0.25) is 9.59 Å². The molecule has 0 spiro atoms. The van der Waals surface area contributed by atoms with E-state index in [4.69, 9.17) is 4.74 Å². The van der Waals surface area contributed by atoms with E-state index in [-0.39, 0.29) is 35.2 Å². The van der Waals surface area contributed by atoms with Crippen molar-refractivity contribution in [2.24, 2.45) is 11.8 Å². The molecule has 0 aromatic heterocycles. The van der Waals surface area contributed by atoms with Gasteiger partial charge in [0, 0.05) is 10.5 Å². The molecule has 0 saturated carbocycles. The van der Waals surface area contributed by atoms with Crippen molar-refractivity contribution in [3.8, 4) is 0 Å². The van der Waals surface area contributed by atoms with Crippen LogP contribution >= 0.6 is 25.3 Å². The summed E-state index contributed by atoms with van der Waals surface area (Å²) in [6.07, 6.45) is 0.316. The first kappa shape index (κ1) is 16.8. The van der Waals surface area contributed by atoms with E-state index in [2.05, 4.69) is 25.3 Å². The molecule has 2 atom stereocenters. The van der Waals surface area contributed by atoms with E-state index < -0.39 is 11.9 Å². The third-order valence-electron chi connectivity index (χ3n) is 2.52. The Labute approximate surface area is 115 Å². The molecule has 17 heavy (non-hydrogen) atoms. The van der Waals surface area contributed by atoms with Crippen LogP contribution in [0.1, 0.15) is 40.5 Å². The highest BCUT2D eigenvalue weighted by molar-refractivity contribution is 7.81. The van der Waals surface area contributed by atoms with Crippen LogP contribution in [0.15, 0.2) is 0 Å². The van der Waals surface area contributed by atoms with Crippen molar-refractivity contribution in [1.82, 2.24) is 0 Å². The Morgan fingerprint density at radius 1 is 0.882 bits per heavy atom. The lowest BCUT2D eigenvalue weighted by Crippen LogP contribution is -2.22. The highest BCUT2D eigenvalue weighted by atomic mass is 32.1. The molecule has 0 N–H and O–H groups in total. The van der Waals surface area contributed by atoms with E-state index in [1.807, 2.05) is 27.7 Å². The summed E-state index contributed by atoms with van der Waals surface area (Å²) in [4.78, 5) is 22.8. The van der Waals surface area contributed by atoms with E-state index in [1.165, 1.54) is 0 Å². The summed E-state index contributed by atoms with van der Waals surface area (Å²) in [6.45, 7) is 7.87. The number of hydrogen-bond acceptors (Lipinski definition) is 5. The minimum atomic E-state index is -0.506. The molecule has 0 aliphatic rings. The Balaban J connectivity index is 4.01. The minimum Gasteiger partial charge on any atom is -0.393 e. The van der Waals surface area contributed by atoms with Crippen molar-refractivity contribution in [3.05, 3.63) is 0 Å². The standard InChI is InChI=1S/C12H22O3S2/c1-7(2)9(16)5-11(13)15-12(14)6-10(17)8(3)4/h7-10,16-17H,5-6H2,1-4H3. The van der Waals surface area contributed by atoms with Crippen LogP contribution in [0.25, 0.3) is 0 Å². The molecular formula is C12H22O3S2. The summed E-state index contributed by atoms with van der Waals surface area (Å²) in [6, 6.07) is 0. The van der Waals surface area contributed by atoms with Gasteiger partial charge in [0.1, 0.15) is 0 Å². The van der Waals surface area contributed by atoms with Crippen molar-refractivity contribution in [2.75, 3.05) is 0 Å². The average molecular weight is 278 g/mol. The zero-order valence-corrected chi connectivity index (χ0v) is 12.6. The largest absolute Gasteiger partial charge is 0.393 e. The molecule has 0 amide bonds. The summed E-state index contributed by atoms with van der Waals surface area (Å²) < 4.78 is 4.72. The van der Waals surface area contributed by atoms with Crippen molar-refractivity contribution < 1.29 is 14.3 Å². The van der Waals surface area contributed by atoms with E-state index >= 15 is 0 Å². The predicted molar refractivity (Wildman–Crippen MR) is 75.6 cm³/mol. The third kappa shape index (κ3) is 7.71. The van der Waals surface area contributed by atoms with Gasteiger partial charge in [0.25, 0.3) is 0 Å². The van der Waals surface area contributed by atoms with Gasteiger partial charge >= 0.3 is 11.9 Å². The fourth-order valence-corrected chi connectivity index (χ4v) is 1.32. The number of ether oxygens (including phenoxy) is 1. The van der Waals surface area contributed by atoms with Crippen LogP contribution in [0.2, 0.25) is 0 Å². The number of hydrogen-bond donors (Lipinski definition) is 2. The minimum absolute atomic E-state index is 0.0767. The number of carbonyl (C=O) groups is 2. The Bertz CT molecular complexity index is 238. The molecule has 0 aromatic carbocycles. The van der Waals surface area contributed by atoms with Gasteiger partial charge in [0.15, 0.2) is 0 Å². The highest BCUT2D eigenvalue weighted by Gasteiger charge is 2.20. The number of rotatable bonds is 6. The molecule has 0 aliphatic heterocycles.